The number of amides is 2. The highest BCUT2D eigenvalue weighted by Crippen LogP contribution is 2.36. The van der Waals surface area contributed by atoms with Crippen molar-refractivity contribution in [3.8, 4) is 0 Å². The third kappa shape index (κ3) is 2.73. The van der Waals surface area contributed by atoms with Crippen molar-refractivity contribution in [1.29, 1.82) is 0 Å². The van der Waals surface area contributed by atoms with Gasteiger partial charge in [0.2, 0.25) is 0 Å². The monoisotopic (exact) mass is 265 g/mol. The summed E-state index contributed by atoms with van der Waals surface area (Å²) in [5.74, 6) is 2.16. The summed E-state index contributed by atoms with van der Waals surface area (Å²) in [6, 6.07) is 0.655. The Labute approximate surface area is 116 Å². The fourth-order valence-electron chi connectivity index (χ4n) is 4.02. The maximum absolute atomic E-state index is 12.6. The zero-order valence-corrected chi connectivity index (χ0v) is 12.1. The van der Waals surface area contributed by atoms with Gasteiger partial charge in [-0.2, -0.15) is 0 Å². The van der Waals surface area contributed by atoms with Crippen molar-refractivity contribution in [3.63, 3.8) is 0 Å². The van der Waals surface area contributed by atoms with Gasteiger partial charge in [0.25, 0.3) is 0 Å². The molecule has 2 amide bonds. The average molecular weight is 265 g/mol. The van der Waals surface area contributed by atoms with Crippen molar-refractivity contribution in [1.82, 2.24) is 9.80 Å². The first-order chi connectivity index (χ1) is 9.13. The number of nitrogens with two attached hydrogens (primary N) is 1. The Morgan fingerprint density at radius 2 is 1.68 bits per heavy atom. The molecule has 4 heteroatoms. The Morgan fingerprint density at radius 3 is 2.42 bits per heavy atom. The Morgan fingerprint density at radius 1 is 1.00 bits per heavy atom. The van der Waals surface area contributed by atoms with Crippen LogP contribution in [0.1, 0.15) is 39.0 Å². The number of carbonyl (C=O) groups excluding carboxylic acids is 1. The Hall–Kier alpha value is -0.770. The molecule has 3 rings (SSSR count). The summed E-state index contributed by atoms with van der Waals surface area (Å²) >= 11 is 0. The van der Waals surface area contributed by atoms with Gasteiger partial charge in [0.05, 0.1) is 0 Å². The van der Waals surface area contributed by atoms with Crippen LogP contribution in [-0.2, 0) is 0 Å². The minimum atomic E-state index is 0.287. The molecule has 0 aromatic rings. The van der Waals surface area contributed by atoms with Crippen molar-refractivity contribution in [3.05, 3.63) is 0 Å². The first kappa shape index (κ1) is 13.2. The van der Waals surface area contributed by atoms with Crippen LogP contribution < -0.4 is 5.73 Å². The number of urea groups is 1. The van der Waals surface area contributed by atoms with E-state index in [0.717, 1.165) is 57.8 Å². The lowest BCUT2D eigenvalue weighted by Crippen LogP contribution is -2.45. The summed E-state index contributed by atoms with van der Waals surface area (Å²) in [5, 5.41) is 0. The van der Waals surface area contributed by atoms with Crippen molar-refractivity contribution >= 4 is 6.03 Å². The third-order valence-corrected chi connectivity index (χ3v) is 5.41. The summed E-state index contributed by atoms with van der Waals surface area (Å²) in [5.41, 5.74) is 6.06. The normalized spacial score (nSPS) is 36.4. The average Bonchev–Trinajstić information content (AvgIpc) is 2.81. The number of likely N-dealkylation sites (tertiary alicyclic amines) is 2. The van der Waals surface area contributed by atoms with Crippen LogP contribution in [-0.4, -0.2) is 48.1 Å². The second-order valence-corrected chi connectivity index (χ2v) is 6.95. The highest BCUT2D eigenvalue weighted by atomic mass is 16.2. The molecule has 108 valence electrons. The van der Waals surface area contributed by atoms with Crippen molar-refractivity contribution in [2.24, 2.45) is 23.5 Å². The lowest BCUT2D eigenvalue weighted by Gasteiger charge is -2.33. The fraction of sp³-hybridized carbons (Fsp3) is 0.933. The largest absolute Gasteiger partial charge is 0.328 e. The predicted molar refractivity (Wildman–Crippen MR) is 75.7 cm³/mol. The maximum Gasteiger partial charge on any atom is 0.320 e. The van der Waals surface area contributed by atoms with E-state index in [2.05, 4.69) is 16.7 Å². The molecule has 3 aliphatic rings. The molecule has 0 aromatic heterocycles. The summed E-state index contributed by atoms with van der Waals surface area (Å²) in [6.45, 7) is 6.11. The molecule has 0 radical (unpaired) electrons. The molecule has 1 aliphatic carbocycles. The summed E-state index contributed by atoms with van der Waals surface area (Å²) in [6.07, 6.45) is 5.80. The van der Waals surface area contributed by atoms with E-state index in [1.54, 1.807) is 0 Å². The second kappa shape index (κ2) is 5.31. The SMILES string of the molecule is CC1CCN(C(=O)N2C[C@H]3CCC(N)C[C@H]3C2)CC1. The molecule has 19 heavy (non-hydrogen) atoms. The van der Waals surface area contributed by atoms with Gasteiger partial charge in [-0.1, -0.05) is 6.92 Å². The van der Waals surface area contributed by atoms with Gasteiger partial charge in [-0.15, -0.1) is 0 Å². The predicted octanol–water partition coefficient (Wildman–Crippen LogP) is 1.90. The van der Waals surface area contributed by atoms with Gasteiger partial charge in [0, 0.05) is 32.2 Å². The topological polar surface area (TPSA) is 49.6 Å². The molecule has 2 N–H and O–H groups in total. The number of nitrogens with zero attached hydrogens (tertiary/aromatic N) is 2. The standard InChI is InChI=1S/C15H27N3O/c1-11-4-6-17(7-5-11)15(19)18-9-12-2-3-14(16)8-13(12)10-18/h11-14H,2-10,16H2,1H3/t12-,13+,14?/m1/s1. The Kier molecular flexibility index (Phi) is 3.70. The first-order valence-electron chi connectivity index (χ1n) is 7.93. The summed E-state index contributed by atoms with van der Waals surface area (Å²) in [4.78, 5) is 16.7. The van der Waals surface area contributed by atoms with Crippen molar-refractivity contribution < 1.29 is 4.79 Å². The van der Waals surface area contributed by atoms with Crippen molar-refractivity contribution in [2.75, 3.05) is 26.2 Å². The maximum atomic E-state index is 12.6. The Balaban J connectivity index is 1.57. The van der Waals surface area contributed by atoms with Crippen LogP contribution >= 0.6 is 0 Å². The number of carbonyl (C=O) groups is 1. The van der Waals surface area contributed by atoms with Crippen LogP contribution in [0.3, 0.4) is 0 Å². The molecular weight excluding hydrogens is 238 g/mol. The quantitative estimate of drug-likeness (QED) is 0.727. The smallest absolute Gasteiger partial charge is 0.320 e. The molecule has 0 aromatic carbocycles. The molecule has 0 bridgehead atoms. The van der Waals surface area contributed by atoms with Gasteiger partial charge in [-0.05, 0) is 49.9 Å². The van der Waals surface area contributed by atoms with Crippen LogP contribution in [0.2, 0.25) is 0 Å². The van der Waals surface area contributed by atoms with Gasteiger partial charge in [0.1, 0.15) is 0 Å². The van der Waals surface area contributed by atoms with E-state index in [4.69, 9.17) is 5.73 Å². The molecule has 2 saturated heterocycles. The highest BCUT2D eigenvalue weighted by Gasteiger charge is 2.39. The number of rotatable bonds is 0. The van der Waals surface area contributed by atoms with Crippen LogP contribution in [0.5, 0.6) is 0 Å². The fourth-order valence-corrected chi connectivity index (χ4v) is 4.02. The first-order valence-corrected chi connectivity index (χ1v) is 7.93. The minimum absolute atomic E-state index is 0.287. The molecule has 3 fully saturated rings. The molecule has 3 atom stereocenters. The van der Waals surface area contributed by atoms with Gasteiger partial charge >= 0.3 is 6.03 Å². The molecule has 0 spiro atoms. The lowest BCUT2D eigenvalue weighted by molar-refractivity contribution is 0.141. The number of hydrogen-bond acceptors (Lipinski definition) is 2. The van der Waals surface area contributed by atoms with Gasteiger partial charge in [-0.25, -0.2) is 4.79 Å². The van der Waals surface area contributed by atoms with Crippen LogP contribution in [0, 0.1) is 17.8 Å². The zero-order valence-electron chi connectivity index (χ0n) is 12.1. The van der Waals surface area contributed by atoms with Crippen LogP contribution in [0.25, 0.3) is 0 Å². The van der Waals surface area contributed by atoms with E-state index >= 15 is 0 Å². The molecule has 2 heterocycles. The molecule has 1 unspecified atom stereocenters. The van der Waals surface area contributed by atoms with Gasteiger partial charge in [0.15, 0.2) is 0 Å². The number of fused-ring (bicyclic) bond motifs is 1. The number of piperidine rings is 1. The van der Waals surface area contributed by atoms with Crippen LogP contribution in [0.4, 0.5) is 4.79 Å². The zero-order chi connectivity index (χ0) is 13.4. The highest BCUT2D eigenvalue weighted by molar-refractivity contribution is 5.75. The Bertz CT molecular complexity index is 338. The van der Waals surface area contributed by atoms with E-state index < -0.39 is 0 Å². The third-order valence-electron chi connectivity index (χ3n) is 5.41. The summed E-state index contributed by atoms with van der Waals surface area (Å²) in [7, 11) is 0. The molecule has 4 nitrogen and oxygen atoms in total. The van der Waals surface area contributed by atoms with E-state index in [9.17, 15) is 4.79 Å². The minimum Gasteiger partial charge on any atom is -0.328 e. The molecule has 2 aliphatic heterocycles. The van der Waals surface area contributed by atoms with Crippen molar-refractivity contribution in [2.45, 2.75) is 45.1 Å². The lowest BCUT2D eigenvalue weighted by atomic mass is 9.79. The van der Waals surface area contributed by atoms with Gasteiger partial charge < -0.3 is 15.5 Å². The molecular formula is C15H27N3O. The van der Waals surface area contributed by atoms with E-state index in [0.29, 0.717) is 17.9 Å². The second-order valence-electron chi connectivity index (χ2n) is 6.95. The van der Waals surface area contributed by atoms with Gasteiger partial charge in [-0.3, -0.25) is 0 Å². The van der Waals surface area contributed by atoms with Crippen LogP contribution in [0.15, 0.2) is 0 Å². The van der Waals surface area contributed by atoms with E-state index in [-0.39, 0.29) is 6.03 Å². The molecule has 1 saturated carbocycles. The van der Waals surface area contributed by atoms with E-state index in [1.807, 2.05) is 0 Å². The van der Waals surface area contributed by atoms with E-state index in [1.165, 1.54) is 6.42 Å². The summed E-state index contributed by atoms with van der Waals surface area (Å²) < 4.78 is 0. The number of hydrogen-bond donors (Lipinski definition) is 1.